The molecule has 3 rings (SSSR count). The van der Waals surface area contributed by atoms with E-state index in [9.17, 15) is 13.6 Å². The second-order valence-corrected chi connectivity index (χ2v) is 7.56. The highest BCUT2D eigenvalue weighted by atomic mass is 19.1. The second kappa shape index (κ2) is 11.6. The highest BCUT2D eigenvalue weighted by Gasteiger charge is 2.20. The van der Waals surface area contributed by atoms with Crippen molar-refractivity contribution in [2.75, 3.05) is 26.7 Å². The van der Waals surface area contributed by atoms with Crippen molar-refractivity contribution in [2.24, 2.45) is 0 Å². The molecule has 0 aliphatic rings. The number of hydrogen-bond acceptors (Lipinski definition) is 5. The smallest absolute Gasteiger partial charge is 0.220 e. The van der Waals surface area contributed by atoms with E-state index in [-0.39, 0.29) is 36.1 Å². The van der Waals surface area contributed by atoms with Gasteiger partial charge in [-0.15, -0.1) is 0 Å². The van der Waals surface area contributed by atoms with E-state index >= 15 is 0 Å². The number of nitrogens with zero attached hydrogens (tertiary/aromatic N) is 2. The third-order valence-electron chi connectivity index (χ3n) is 5.54. The summed E-state index contributed by atoms with van der Waals surface area (Å²) in [4.78, 5) is 18.9. The maximum atomic E-state index is 13.9. The first-order valence-corrected chi connectivity index (χ1v) is 11.0. The first-order chi connectivity index (χ1) is 15.9. The summed E-state index contributed by atoms with van der Waals surface area (Å²) in [6, 6.07) is 11.1. The van der Waals surface area contributed by atoms with Gasteiger partial charge in [0.1, 0.15) is 17.4 Å². The summed E-state index contributed by atoms with van der Waals surface area (Å²) in [5, 5.41) is 3.00. The molecule has 2 aromatic carbocycles. The molecule has 1 N–H and O–H groups in total. The van der Waals surface area contributed by atoms with Crippen LogP contribution in [-0.2, 0) is 11.2 Å². The quantitative estimate of drug-likeness (QED) is 0.450. The van der Waals surface area contributed by atoms with Crippen LogP contribution in [0.4, 0.5) is 8.78 Å². The number of hydrogen-bond donors (Lipinski definition) is 1. The number of ether oxygens (including phenoxy) is 1. The molecule has 0 fully saturated rings. The molecule has 0 spiro atoms. The molecule has 1 atom stereocenters. The van der Waals surface area contributed by atoms with E-state index in [4.69, 9.17) is 9.15 Å². The molecule has 0 radical (unpaired) electrons. The fourth-order valence-corrected chi connectivity index (χ4v) is 3.73. The standard InChI is InChI=1S/C25H29F2N3O3/c1-4-30(5-2)22(17-7-6-8-19(13-17)32-3)15-28-24(31)11-12-25-29-16-23(33-25)20-10-9-18(26)14-21(20)27/h6-10,13-14,16,22H,4-5,11-12,15H2,1-3H3,(H,28,31). The van der Waals surface area contributed by atoms with Crippen LogP contribution in [0.5, 0.6) is 5.75 Å². The Morgan fingerprint density at radius 1 is 1.18 bits per heavy atom. The SMILES string of the molecule is CCN(CC)C(CNC(=O)CCc1ncc(-c2ccc(F)cc2F)o1)c1cccc(OC)c1. The Hall–Kier alpha value is -3.26. The van der Waals surface area contributed by atoms with Crippen LogP contribution in [0, 0.1) is 11.6 Å². The number of oxazole rings is 1. The van der Waals surface area contributed by atoms with Crippen LogP contribution in [0.1, 0.15) is 37.8 Å². The average Bonchev–Trinajstić information content (AvgIpc) is 3.29. The van der Waals surface area contributed by atoms with Gasteiger partial charge in [-0.25, -0.2) is 13.8 Å². The second-order valence-electron chi connectivity index (χ2n) is 7.56. The van der Waals surface area contributed by atoms with Crippen molar-refractivity contribution < 1.29 is 22.7 Å². The van der Waals surface area contributed by atoms with Crippen LogP contribution < -0.4 is 10.1 Å². The van der Waals surface area contributed by atoms with E-state index in [0.717, 1.165) is 36.5 Å². The minimum atomic E-state index is -0.726. The summed E-state index contributed by atoms with van der Waals surface area (Å²) in [6.07, 6.45) is 1.82. The zero-order chi connectivity index (χ0) is 23.8. The molecule has 1 unspecified atom stereocenters. The van der Waals surface area contributed by atoms with Crippen LogP contribution in [0.2, 0.25) is 0 Å². The number of nitrogens with one attached hydrogen (secondary N) is 1. The van der Waals surface area contributed by atoms with Crippen LogP contribution in [-0.4, -0.2) is 42.5 Å². The van der Waals surface area contributed by atoms with E-state index in [1.807, 2.05) is 24.3 Å². The van der Waals surface area contributed by atoms with E-state index in [0.29, 0.717) is 12.4 Å². The van der Waals surface area contributed by atoms with E-state index in [2.05, 4.69) is 29.0 Å². The monoisotopic (exact) mass is 457 g/mol. The summed E-state index contributed by atoms with van der Waals surface area (Å²) in [5.74, 6) is -0.240. The largest absolute Gasteiger partial charge is 0.497 e. The number of aryl methyl sites for hydroxylation is 1. The molecular weight excluding hydrogens is 428 g/mol. The fraction of sp³-hybridized carbons (Fsp3) is 0.360. The topological polar surface area (TPSA) is 67.6 Å². The number of carbonyl (C=O) groups excluding carboxylic acids is 1. The lowest BCUT2D eigenvalue weighted by atomic mass is 10.0. The minimum Gasteiger partial charge on any atom is -0.497 e. The van der Waals surface area contributed by atoms with Gasteiger partial charge in [-0.3, -0.25) is 9.69 Å². The molecular formula is C25H29F2N3O3. The van der Waals surface area contributed by atoms with Gasteiger partial charge in [-0.2, -0.15) is 0 Å². The van der Waals surface area contributed by atoms with Gasteiger partial charge < -0.3 is 14.5 Å². The number of amides is 1. The molecule has 1 aromatic heterocycles. The van der Waals surface area contributed by atoms with Crippen LogP contribution >= 0.6 is 0 Å². The lowest BCUT2D eigenvalue weighted by Crippen LogP contribution is -2.38. The Labute approximate surface area is 192 Å². The van der Waals surface area contributed by atoms with Crippen molar-refractivity contribution >= 4 is 5.91 Å². The van der Waals surface area contributed by atoms with Gasteiger partial charge in [0.15, 0.2) is 11.7 Å². The number of benzene rings is 2. The van der Waals surface area contributed by atoms with Crippen LogP contribution in [0.15, 0.2) is 53.1 Å². The molecule has 0 aliphatic heterocycles. The molecule has 0 saturated heterocycles. The zero-order valence-electron chi connectivity index (χ0n) is 19.1. The number of aromatic nitrogens is 1. The van der Waals surface area contributed by atoms with Gasteiger partial charge >= 0.3 is 0 Å². The molecule has 0 aliphatic carbocycles. The Morgan fingerprint density at radius 2 is 1.97 bits per heavy atom. The van der Waals surface area contributed by atoms with Gasteiger partial charge in [-0.1, -0.05) is 26.0 Å². The van der Waals surface area contributed by atoms with Crippen molar-refractivity contribution in [3.8, 4) is 17.1 Å². The third-order valence-corrected chi connectivity index (χ3v) is 5.54. The molecule has 176 valence electrons. The van der Waals surface area contributed by atoms with Crippen LogP contribution in [0.3, 0.4) is 0 Å². The maximum absolute atomic E-state index is 13.9. The first kappa shape index (κ1) is 24.4. The predicted octanol–water partition coefficient (Wildman–Crippen LogP) is 4.76. The van der Waals surface area contributed by atoms with Crippen molar-refractivity contribution in [2.45, 2.75) is 32.7 Å². The lowest BCUT2D eigenvalue weighted by molar-refractivity contribution is -0.121. The van der Waals surface area contributed by atoms with Crippen molar-refractivity contribution in [3.63, 3.8) is 0 Å². The fourth-order valence-electron chi connectivity index (χ4n) is 3.73. The van der Waals surface area contributed by atoms with Crippen LogP contribution in [0.25, 0.3) is 11.3 Å². The predicted molar refractivity (Wildman–Crippen MR) is 122 cm³/mol. The summed E-state index contributed by atoms with van der Waals surface area (Å²) in [7, 11) is 1.63. The van der Waals surface area contributed by atoms with Gasteiger partial charge in [0.05, 0.1) is 24.9 Å². The number of halogens is 2. The number of carbonyl (C=O) groups is 1. The van der Waals surface area contributed by atoms with E-state index in [1.54, 1.807) is 7.11 Å². The Kier molecular flexibility index (Phi) is 8.54. The number of methoxy groups -OCH3 is 1. The average molecular weight is 458 g/mol. The first-order valence-electron chi connectivity index (χ1n) is 11.0. The minimum absolute atomic E-state index is 0.00819. The van der Waals surface area contributed by atoms with Crippen molar-refractivity contribution in [3.05, 3.63) is 71.8 Å². The summed E-state index contributed by atoms with van der Waals surface area (Å²) < 4.78 is 38.0. The molecule has 1 amide bonds. The van der Waals surface area contributed by atoms with E-state index < -0.39 is 11.6 Å². The van der Waals surface area contributed by atoms with Crippen molar-refractivity contribution in [1.29, 1.82) is 0 Å². The summed E-state index contributed by atoms with van der Waals surface area (Å²) in [5.41, 5.74) is 1.19. The van der Waals surface area contributed by atoms with Crippen molar-refractivity contribution in [1.82, 2.24) is 15.2 Å². The highest BCUT2D eigenvalue weighted by molar-refractivity contribution is 5.76. The van der Waals surface area contributed by atoms with Gasteiger partial charge in [0, 0.05) is 25.5 Å². The molecule has 8 heteroatoms. The molecule has 1 heterocycles. The molecule has 0 saturated carbocycles. The Bertz CT molecular complexity index is 1070. The zero-order valence-corrected chi connectivity index (χ0v) is 19.1. The van der Waals surface area contributed by atoms with Gasteiger partial charge in [0.25, 0.3) is 0 Å². The highest BCUT2D eigenvalue weighted by Crippen LogP contribution is 2.25. The maximum Gasteiger partial charge on any atom is 0.220 e. The third kappa shape index (κ3) is 6.38. The number of rotatable bonds is 11. The van der Waals surface area contributed by atoms with Gasteiger partial charge in [0.2, 0.25) is 5.91 Å². The lowest BCUT2D eigenvalue weighted by Gasteiger charge is -2.30. The normalized spacial score (nSPS) is 12.1. The molecule has 0 bridgehead atoms. The van der Waals surface area contributed by atoms with Gasteiger partial charge in [-0.05, 0) is 42.9 Å². The number of likely N-dealkylation sites (N-methyl/N-ethyl adjacent to an activating group) is 1. The summed E-state index contributed by atoms with van der Waals surface area (Å²) >= 11 is 0. The van der Waals surface area contributed by atoms with E-state index in [1.165, 1.54) is 12.3 Å². The molecule has 6 nitrogen and oxygen atoms in total. The molecule has 3 aromatic rings. The Morgan fingerprint density at radius 3 is 2.67 bits per heavy atom. The molecule has 33 heavy (non-hydrogen) atoms. The summed E-state index contributed by atoms with van der Waals surface area (Å²) in [6.45, 7) is 6.30. The Balaban J connectivity index is 1.59.